The first-order valence-electron chi connectivity index (χ1n) is 5.16. The van der Waals surface area contributed by atoms with E-state index in [2.05, 4.69) is 15.9 Å². The van der Waals surface area contributed by atoms with Gasteiger partial charge in [-0.15, -0.1) is 0 Å². The maximum Gasteiger partial charge on any atom is 0.115 e. The molecule has 1 aromatic rings. The molecule has 1 fully saturated rings. The molecule has 82 valence electrons. The molecule has 1 aromatic carbocycles. The molecule has 0 aromatic heterocycles. The number of phenolic OH excluding ortho intramolecular Hbond substituents is 1. The monoisotopic (exact) mass is 270 g/mol. The lowest BCUT2D eigenvalue weighted by Gasteiger charge is -2.24. The number of rotatable bonds is 3. The van der Waals surface area contributed by atoms with Crippen LogP contribution in [0, 0.1) is 5.41 Å². The Bertz CT molecular complexity index is 315. The molecule has 3 heteroatoms. The smallest absolute Gasteiger partial charge is 0.115 e. The first-order chi connectivity index (χ1) is 7.24. The van der Waals surface area contributed by atoms with Crippen molar-refractivity contribution in [3.63, 3.8) is 0 Å². The summed E-state index contributed by atoms with van der Waals surface area (Å²) in [5.74, 6) is 0.328. The largest absolute Gasteiger partial charge is 0.508 e. The van der Waals surface area contributed by atoms with Crippen molar-refractivity contribution in [1.82, 2.24) is 0 Å². The number of alkyl halides is 1. The summed E-state index contributed by atoms with van der Waals surface area (Å²) in [6.45, 7) is 1.70. The molecule has 1 atom stereocenters. The second kappa shape index (κ2) is 4.54. The number of hydrogen-bond acceptors (Lipinski definition) is 2. The zero-order valence-electron chi connectivity index (χ0n) is 8.58. The van der Waals surface area contributed by atoms with Crippen LogP contribution in [0.5, 0.6) is 5.75 Å². The highest BCUT2D eigenvalue weighted by atomic mass is 79.9. The van der Waals surface area contributed by atoms with E-state index >= 15 is 0 Å². The minimum absolute atomic E-state index is 0.247. The summed E-state index contributed by atoms with van der Waals surface area (Å²) in [5.41, 5.74) is 1.51. The molecule has 1 heterocycles. The van der Waals surface area contributed by atoms with Crippen molar-refractivity contribution in [2.45, 2.75) is 12.8 Å². The second-order valence-electron chi connectivity index (χ2n) is 4.28. The third-order valence-corrected chi connectivity index (χ3v) is 4.17. The van der Waals surface area contributed by atoms with Crippen LogP contribution < -0.4 is 0 Å². The van der Waals surface area contributed by atoms with Gasteiger partial charge in [0.25, 0.3) is 0 Å². The van der Waals surface area contributed by atoms with Crippen LogP contribution in [0.3, 0.4) is 0 Å². The highest BCUT2D eigenvalue weighted by Crippen LogP contribution is 2.34. The molecule has 1 aliphatic rings. The Balaban J connectivity index is 2.09. The molecule has 0 aliphatic carbocycles. The number of hydrogen-bond donors (Lipinski definition) is 1. The van der Waals surface area contributed by atoms with E-state index < -0.39 is 0 Å². The van der Waals surface area contributed by atoms with Crippen molar-refractivity contribution in [1.29, 1.82) is 0 Å². The van der Waals surface area contributed by atoms with Gasteiger partial charge in [0.2, 0.25) is 0 Å². The predicted octanol–water partition coefficient (Wildman–Crippen LogP) is 2.74. The third kappa shape index (κ3) is 2.52. The number of benzene rings is 1. The zero-order chi connectivity index (χ0) is 10.7. The summed E-state index contributed by atoms with van der Waals surface area (Å²) >= 11 is 3.58. The van der Waals surface area contributed by atoms with Gasteiger partial charge in [0.15, 0.2) is 0 Å². The molecule has 1 aliphatic heterocycles. The molecule has 0 saturated carbocycles. The van der Waals surface area contributed by atoms with Crippen LogP contribution in [0.2, 0.25) is 0 Å². The Kier molecular flexibility index (Phi) is 3.32. The Morgan fingerprint density at radius 3 is 2.60 bits per heavy atom. The molecule has 0 radical (unpaired) electrons. The Labute approximate surface area is 98.4 Å². The first kappa shape index (κ1) is 11.0. The molecule has 0 spiro atoms. The van der Waals surface area contributed by atoms with E-state index in [-0.39, 0.29) is 5.41 Å². The lowest BCUT2D eigenvalue weighted by atomic mass is 9.83. The topological polar surface area (TPSA) is 29.5 Å². The van der Waals surface area contributed by atoms with Crippen LogP contribution in [-0.4, -0.2) is 23.7 Å². The van der Waals surface area contributed by atoms with Gasteiger partial charge >= 0.3 is 0 Å². The molecule has 1 N–H and O–H groups in total. The van der Waals surface area contributed by atoms with Crippen molar-refractivity contribution < 1.29 is 9.84 Å². The van der Waals surface area contributed by atoms with Gasteiger partial charge in [-0.25, -0.2) is 0 Å². The van der Waals surface area contributed by atoms with Gasteiger partial charge in [0.1, 0.15) is 5.75 Å². The molecular formula is C12H15BrO2. The van der Waals surface area contributed by atoms with Crippen molar-refractivity contribution in [3.8, 4) is 5.75 Å². The average Bonchev–Trinajstić information content (AvgIpc) is 2.71. The van der Waals surface area contributed by atoms with Gasteiger partial charge < -0.3 is 9.84 Å². The molecule has 2 nitrogen and oxygen atoms in total. The fourth-order valence-electron chi connectivity index (χ4n) is 1.99. The van der Waals surface area contributed by atoms with Crippen molar-refractivity contribution in [3.05, 3.63) is 29.8 Å². The molecule has 15 heavy (non-hydrogen) atoms. The summed E-state index contributed by atoms with van der Waals surface area (Å²) in [6, 6.07) is 7.45. The molecule has 2 rings (SSSR count). The van der Waals surface area contributed by atoms with Gasteiger partial charge in [-0.05, 0) is 30.5 Å². The van der Waals surface area contributed by atoms with Gasteiger partial charge in [0, 0.05) is 17.4 Å². The van der Waals surface area contributed by atoms with E-state index in [4.69, 9.17) is 4.74 Å². The van der Waals surface area contributed by atoms with Crippen LogP contribution in [0.15, 0.2) is 24.3 Å². The molecular weight excluding hydrogens is 256 g/mol. The Hall–Kier alpha value is -0.540. The average molecular weight is 271 g/mol. The van der Waals surface area contributed by atoms with E-state index in [0.717, 1.165) is 31.4 Å². The van der Waals surface area contributed by atoms with E-state index in [1.54, 1.807) is 12.1 Å². The molecule has 1 saturated heterocycles. The molecule has 0 amide bonds. The fraction of sp³-hybridized carbons (Fsp3) is 0.500. The maximum atomic E-state index is 9.20. The van der Waals surface area contributed by atoms with Crippen LogP contribution in [-0.2, 0) is 11.2 Å². The second-order valence-corrected chi connectivity index (χ2v) is 4.84. The number of ether oxygens (including phenoxy) is 1. The highest BCUT2D eigenvalue weighted by Gasteiger charge is 2.33. The first-order valence-corrected chi connectivity index (χ1v) is 6.28. The predicted molar refractivity (Wildman–Crippen MR) is 63.5 cm³/mol. The minimum Gasteiger partial charge on any atom is -0.508 e. The van der Waals surface area contributed by atoms with E-state index in [1.807, 2.05) is 12.1 Å². The quantitative estimate of drug-likeness (QED) is 0.856. The van der Waals surface area contributed by atoms with Crippen LogP contribution >= 0.6 is 15.9 Å². The van der Waals surface area contributed by atoms with Crippen LogP contribution in [0.4, 0.5) is 0 Å². The lowest BCUT2D eigenvalue weighted by Crippen LogP contribution is -2.25. The van der Waals surface area contributed by atoms with Gasteiger partial charge in [0.05, 0.1) is 6.61 Å². The Morgan fingerprint density at radius 1 is 1.33 bits per heavy atom. The van der Waals surface area contributed by atoms with E-state index in [9.17, 15) is 5.11 Å². The van der Waals surface area contributed by atoms with Gasteiger partial charge in [-0.1, -0.05) is 28.1 Å². The van der Waals surface area contributed by atoms with E-state index in [1.165, 1.54) is 5.56 Å². The standard InChI is InChI=1S/C12H15BrO2/c13-8-12(5-6-15-9-12)7-10-1-3-11(14)4-2-10/h1-4,14H,5-9H2. The summed E-state index contributed by atoms with van der Waals surface area (Å²) < 4.78 is 5.47. The van der Waals surface area contributed by atoms with Gasteiger partial charge in [-0.2, -0.15) is 0 Å². The van der Waals surface area contributed by atoms with Crippen molar-refractivity contribution in [2.75, 3.05) is 18.5 Å². The summed E-state index contributed by atoms with van der Waals surface area (Å²) in [6.07, 6.45) is 2.12. The summed E-state index contributed by atoms with van der Waals surface area (Å²) in [4.78, 5) is 0. The molecule has 0 bridgehead atoms. The summed E-state index contributed by atoms with van der Waals surface area (Å²) in [7, 11) is 0. The minimum atomic E-state index is 0.247. The van der Waals surface area contributed by atoms with Crippen LogP contribution in [0.25, 0.3) is 0 Å². The fourth-order valence-corrected chi connectivity index (χ4v) is 2.63. The number of halogens is 1. The van der Waals surface area contributed by atoms with E-state index in [0.29, 0.717) is 5.75 Å². The molecule has 1 unspecified atom stereocenters. The van der Waals surface area contributed by atoms with Crippen molar-refractivity contribution in [2.24, 2.45) is 5.41 Å². The van der Waals surface area contributed by atoms with Gasteiger partial charge in [-0.3, -0.25) is 0 Å². The lowest BCUT2D eigenvalue weighted by molar-refractivity contribution is 0.162. The number of phenols is 1. The highest BCUT2D eigenvalue weighted by molar-refractivity contribution is 9.09. The SMILES string of the molecule is Oc1ccc(CC2(CBr)CCOC2)cc1. The Morgan fingerprint density at radius 2 is 2.07 bits per heavy atom. The summed E-state index contributed by atoms with van der Waals surface area (Å²) in [5, 5.41) is 10.2. The zero-order valence-corrected chi connectivity index (χ0v) is 10.2. The maximum absolute atomic E-state index is 9.20. The van der Waals surface area contributed by atoms with Crippen molar-refractivity contribution >= 4 is 15.9 Å². The normalized spacial score (nSPS) is 25.7. The third-order valence-electron chi connectivity index (χ3n) is 2.98. The number of aromatic hydroxyl groups is 1. The van der Waals surface area contributed by atoms with Crippen LogP contribution in [0.1, 0.15) is 12.0 Å².